The SMILES string of the molecule is CCn1cc(S(=O)(=O)N2CC(O)CC2CN(C)C)c(N)n1. The van der Waals surface area contributed by atoms with Gasteiger partial charge in [0.2, 0.25) is 10.0 Å². The van der Waals surface area contributed by atoms with Crippen molar-refractivity contribution >= 4 is 15.8 Å². The van der Waals surface area contributed by atoms with Crippen molar-refractivity contribution in [2.75, 3.05) is 32.9 Å². The summed E-state index contributed by atoms with van der Waals surface area (Å²) >= 11 is 0. The van der Waals surface area contributed by atoms with Crippen molar-refractivity contribution in [2.24, 2.45) is 0 Å². The van der Waals surface area contributed by atoms with Gasteiger partial charge in [0.25, 0.3) is 0 Å². The number of rotatable bonds is 5. The van der Waals surface area contributed by atoms with Crippen LogP contribution in [0.25, 0.3) is 0 Å². The summed E-state index contributed by atoms with van der Waals surface area (Å²) in [4.78, 5) is 1.92. The van der Waals surface area contributed by atoms with Gasteiger partial charge in [0, 0.05) is 31.9 Å². The zero-order valence-corrected chi connectivity index (χ0v) is 13.4. The maximum atomic E-state index is 12.8. The number of anilines is 1. The third-order valence-corrected chi connectivity index (χ3v) is 5.52. The molecule has 120 valence electrons. The molecule has 1 aliphatic rings. The summed E-state index contributed by atoms with van der Waals surface area (Å²) in [6.45, 7) is 3.05. The maximum absolute atomic E-state index is 12.8. The summed E-state index contributed by atoms with van der Waals surface area (Å²) in [7, 11) is -0.0000454. The molecule has 2 rings (SSSR count). The molecule has 1 fully saturated rings. The van der Waals surface area contributed by atoms with E-state index in [0.29, 0.717) is 19.5 Å². The second kappa shape index (κ2) is 5.91. The first-order valence-corrected chi connectivity index (χ1v) is 8.37. The normalized spacial score (nSPS) is 24.0. The fourth-order valence-corrected chi connectivity index (χ4v) is 4.38. The number of sulfonamides is 1. The summed E-state index contributed by atoms with van der Waals surface area (Å²) < 4.78 is 28.4. The minimum atomic E-state index is -3.75. The molecule has 0 amide bonds. The van der Waals surface area contributed by atoms with Gasteiger partial charge < -0.3 is 15.7 Å². The molecule has 0 bridgehead atoms. The van der Waals surface area contributed by atoms with Crippen LogP contribution in [0.15, 0.2) is 11.1 Å². The molecule has 0 saturated carbocycles. The zero-order chi connectivity index (χ0) is 15.8. The van der Waals surface area contributed by atoms with E-state index in [1.165, 1.54) is 15.2 Å². The van der Waals surface area contributed by atoms with E-state index >= 15 is 0 Å². The molecule has 9 heteroatoms. The third-order valence-electron chi connectivity index (χ3n) is 3.58. The van der Waals surface area contributed by atoms with Crippen LogP contribution < -0.4 is 5.73 Å². The largest absolute Gasteiger partial charge is 0.392 e. The lowest BCUT2D eigenvalue weighted by atomic mass is 10.2. The molecule has 0 aliphatic carbocycles. The summed E-state index contributed by atoms with van der Waals surface area (Å²) in [5.41, 5.74) is 5.74. The Morgan fingerprint density at radius 1 is 1.52 bits per heavy atom. The molecule has 1 aromatic rings. The van der Waals surface area contributed by atoms with Gasteiger partial charge in [0.15, 0.2) is 5.82 Å². The lowest BCUT2D eigenvalue weighted by molar-refractivity contribution is 0.188. The highest BCUT2D eigenvalue weighted by atomic mass is 32.2. The van der Waals surface area contributed by atoms with Crippen LogP contribution in [0, 0.1) is 0 Å². The minimum absolute atomic E-state index is 0.00171. The van der Waals surface area contributed by atoms with Gasteiger partial charge in [0.05, 0.1) is 6.10 Å². The van der Waals surface area contributed by atoms with E-state index in [2.05, 4.69) is 5.10 Å². The van der Waals surface area contributed by atoms with E-state index < -0.39 is 16.1 Å². The average Bonchev–Trinajstić information content (AvgIpc) is 2.92. The van der Waals surface area contributed by atoms with E-state index in [9.17, 15) is 13.5 Å². The van der Waals surface area contributed by atoms with Crippen molar-refractivity contribution < 1.29 is 13.5 Å². The standard InChI is InChI=1S/C12H23N5O3S/c1-4-16-8-11(12(13)14-16)21(19,20)17-7-10(18)5-9(17)6-15(2)3/h8-10,18H,4-7H2,1-3H3,(H2,13,14). The molecule has 1 aliphatic heterocycles. The average molecular weight is 317 g/mol. The first-order valence-electron chi connectivity index (χ1n) is 6.93. The molecule has 21 heavy (non-hydrogen) atoms. The molecule has 2 heterocycles. The summed E-state index contributed by atoms with van der Waals surface area (Å²) in [5, 5.41) is 13.8. The van der Waals surface area contributed by atoms with Crippen LogP contribution >= 0.6 is 0 Å². The second-order valence-electron chi connectivity index (χ2n) is 5.61. The molecule has 1 aromatic heterocycles. The van der Waals surface area contributed by atoms with E-state index in [1.807, 2.05) is 25.9 Å². The van der Waals surface area contributed by atoms with Crippen LogP contribution in [0.5, 0.6) is 0 Å². The first-order chi connectivity index (χ1) is 9.75. The van der Waals surface area contributed by atoms with Gasteiger partial charge >= 0.3 is 0 Å². The number of nitrogens with zero attached hydrogens (tertiary/aromatic N) is 4. The van der Waals surface area contributed by atoms with Crippen LogP contribution in [0.2, 0.25) is 0 Å². The predicted octanol–water partition coefficient (Wildman–Crippen LogP) is -0.829. The fourth-order valence-electron chi connectivity index (χ4n) is 2.65. The summed E-state index contributed by atoms with van der Waals surface area (Å²) in [5.74, 6) is 0.00171. The monoisotopic (exact) mass is 317 g/mol. The van der Waals surface area contributed by atoms with Crippen molar-refractivity contribution in [2.45, 2.75) is 36.9 Å². The Bertz CT molecular complexity index is 598. The number of aromatic nitrogens is 2. The Labute approximate surface area is 125 Å². The van der Waals surface area contributed by atoms with E-state index in [1.54, 1.807) is 0 Å². The summed E-state index contributed by atoms with van der Waals surface area (Å²) in [6.07, 6.45) is 1.23. The van der Waals surface area contributed by atoms with Gasteiger partial charge in [-0.2, -0.15) is 9.40 Å². The molecule has 0 spiro atoms. The van der Waals surface area contributed by atoms with Gasteiger partial charge in [-0.05, 0) is 27.4 Å². The van der Waals surface area contributed by atoms with Crippen molar-refractivity contribution in [3.63, 3.8) is 0 Å². The summed E-state index contributed by atoms with van der Waals surface area (Å²) in [6, 6.07) is -0.260. The highest BCUT2D eigenvalue weighted by molar-refractivity contribution is 7.89. The van der Waals surface area contributed by atoms with E-state index in [4.69, 9.17) is 5.73 Å². The Balaban J connectivity index is 2.34. The number of likely N-dealkylation sites (N-methyl/N-ethyl adjacent to an activating group) is 1. The number of β-amino-alcohol motifs (C(OH)–C–C–N with tert-alkyl or cyclic N) is 1. The Morgan fingerprint density at radius 3 is 2.71 bits per heavy atom. The maximum Gasteiger partial charge on any atom is 0.248 e. The van der Waals surface area contributed by atoms with Crippen molar-refractivity contribution in [1.29, 1.82) is 0 Å². The minimum Gasteiger partial charge on any atom is -0.392 e. The molecule has 2 unspecified atom stereocenters. The molecule has 1 saturated heterocycles. The van der Waals surface area contributed by atoms with Crippen LogP contribution in [0.1, 0.15) is 13.3 Å². The molecule has 2 atom stereocenters. The number of hydrogen-bond donors (Lipinski definition) is 2. The van der Waals surface area contributed by atoms with Gasteiger partial charge in [-0.15, -0.1) is 0 Å². The van der Waals surface area contributed by atoms with E-state index in [0.717, 1.165) is 0 Å². The Kier molecular flexibility index (Phi) is 4.57. The van der Waals surface area contributed by atoms with Gasteiger partial charge in [-0.3, -0.25) is 4.68 Å². The van der Waals surface area contributed by atoms with Crippen molar-refractivity contribution in [3.05, 3.63) is 6.20 Å². The number of aryl methyl sites for hydroxylation is 1. The number of nitrogens with two attached hydrogens (primary N) is 1. The van der Waals surface area contributed by atoms with Crippen LogP contribution in [0.3, 0.4) is 0 Å². The predicted molar refractivity (Wildman–Crippen MR) is 79.2 cm³/mol. The lowest BCUT2D eigenvalue weighted by Gasteiger charge is -2.25. The van der Waals surface area contributed by atoms with Crippen molar-refractivity contribution in [1.82, 2.24) is 19.0 Å². The molecular formula is C12H23N5O3S. The number of aliphatic hydroxyl groups excluding tert-OH is 1. The fraction of sp³-hybridized carbons (Fsp3) is 0.750. The third kappa shape index (κ3) is 3.20. The smallest absolute Gasteiger partial charge is 0.248 e. The van der Waals surface area contributed by atoms with Crippen LogP contribution in [0.4, 0.5) is 5.82 Å². The highest BCUT2D eigenvalue weighted by Crippen LogP contribution is 2.29. The van der Waals surface area contributed by atoms with Gasteiger partial charge in [0.1, 0.15) is 4.90 Å². The lowest BCUT2D eigenvalue weighted by Crippen LogP contribution is -2.41. The topological polar surface area (TPSA) is 105 Å². The highest BCUT2D eigenvalue weighted by Gasteiger charge is 2.41. The number of aliphatic hydroxyl groups is 1. The Morgan fingerprint density at radius 2 is 2.19 bits per heavy atom. The van der Waals surface area contributed by atoms with Gasteiger partial charge in [-0.25, -0.2) is 8.42 Å². The zero-order valence-electron chi connectivity index (χ0n) is 12.6. The first kappa shape index (κ1) is 16.2. The quantitative estimate of drug-likeness (QED) is 0.734. The Hall–Kier alpha value is -1.16. The molecule has 3 N–H and O–H groups in total. The molecule has 0 aromatic carbocycles. The molecule has 8 nitrogen and oxygen atoms in total. The van der Waals surface area contributed by atoms with Crippen molar-refractivity contribution in [3.8, 4) is 0 Å². The number of hydrogen-bond acceptors (Lipinski definition) is 6. The van der Waals surface area contributed by atoms with Gasteiger partial charge in [-0.1, -0.05) is 0 Å². The number of nitrogen functional groups attached to an aromatic ring is 1. The van der Waals surface area contributed by atoms with Crippen LogP contribution in [-0.2, 0) is 16.6 Å². The second-order valence-corrected chi connectivity index (χ2v) is 7.47. The molecule has 0 radical (unpaired) electrons. The van der Waals surface area contributed by atoms with E-state index in [-0.39, 0.29) is 23.3 Å². The van der Waals surface area contributed by atoms with Crippen LogP contribution in [-0.4, -0.2) is 71.8 Å². The molecular weight excluding hydrogens is 294 g/mol.